The summed E-state index contributed by atoms with van der Waals surface area (Å²) in [6, 6.07) is 16.7. The van der Waals surface area contributed by atoms with Gasteiger partial charge in [0.1, 0.15) is 5.82 Å². The normalized spacial score (nSPS) is 19.0. The molecule has 0 saturated carbocycles. The van der Waals surface area contributed by atoms with Crippen molar-refractivity contribution < 1.29 is 0 Å². The molecule has 0 amide bonds. The van der Waals surface area contributed by atoms with Crippen LogP contribution in [0.25, 0.3) is 11.0 Å². The summed E-state index contributed by atoms with van der Waals surface area (Å²) in [7, 11) is 2.09. The van der Waals surface area contributed by atoms with Crippen molar-refractivity contribution in [2.45, 2.75) is 12.6 Å². The van der Waals surface area contributed by atoms with Crippen molar-refractivity contribution in [1.82, 2.24) is 19.8 Å². The maximum Gasteiger partial charge on any atom is 0.123 e. The van der Waals surface area contributed by atoms with E-state index in [-0.39, 0.29) is 6.04 Å². The molecule has 2 heterocycles. The third-order valence-electron chi connectivity index (χ3n) is 4.84. The van der Waals surface area contributed by atoms with Crippen LogP contribution in [-0.2, 0) is 13.6 Å². The van der Waals surface area contributed by atoms with E-state index < -0.39 is 0 Å². The summed E-state index contributed by atoms with van der Waals surface area (Å²) in [5, 5.41) is 4.32. The second kappa shape index (κ2) is 6.55. The van der Waals surface area contributed by atoms with Crippen LogP contribution in [0, 0.1) is 0 Å². The number of hydrogen-bond donors (Lipinski definition) is 1. The van der Waals surface area contributed by atoms with Gasteiger partial charge < -0.3 is 9.88 Å². The van der Waals surface area contributed by atoms with Crippen LogP contribution in [0.3, 0.4) is 0 Å². The van der Waals surface area contributed by atoms with Crippen LogP contribution in [0.5, 0.6) is 0 Å². The molecular weight excluding hydrogens is 320 g/mol. The van der Waals surface area contributed by atoms with E-state index in [9.17, 15) is 0 Å². The van der Waals surface area contributed by atoms with Gasteiger partial charge in [-0.1, -0.05) is 41.9 Å². The third kappa shape index (κ3) is 2.81. The molecule has 1 N–H and O–H groups in total. The molecular formula is C19H21ClN4. The molecule has 1 aliphatic rings. The Balaban J connectivity index is 1.66. The molecule has 0 spiro atoms. The van der Waals surface area contributed by atoms with Gasteiger partial charge in [0.15, 0.2) is 0 Å². The number of imidazole rings is 1. The lowest BCUT2D eigenvalue weighted by atomic mass is 10.0. The van der Waals surface area contributed by atoms with Crippen molar-refractivity contribution in [2.75, 3.05) is 19.6 Å². The van der Waals surface area contributed by atoms with Crippen molar-refractivity contribution in [3.05, 3.63) is 64.9 Å². The number of piperazine rings is 1. The van der Waals surface area contributed by atoms with Crippen LogP contribution in [-0.4, -0.2) is 34.1 Å². The Morgan fingerprint density at radius 1 is 1.17 bits per heavy atom. The lowest BCUT2D eigenvalue weighted by Gasteiger charge is -2.36. The van der Waals surface area contributed by atoms with Gasteiger partial charge in [-0.05, 0) is 23.8 Å². The zero-order valence-electron chi connectivity index (χ0n) is 13.7. The number of halogens is 1. The number of fused-ring (bicyclic) bond motifs is 1. The molecule has 1 fully saturated rings. The molecule has 1 aliphatic heterocycles. The zero-order chi connectivity index (χ0) is 16.5. The van der Waals surface area contributed by atoms with E-state index in [0.717, 1.165) is 42.5 Å². The van der Waals surface area contributed by atoms with E-state index in [1.54, 1.807) is 0 Å². The smallest absolute Gasteiger partial charge is 0.123 e. The first-order chi connectivity index (χ1) is 11.7. The quantitative estimate of drug-likeness (QED) is 0.793. The molecule has 1 unspecified atom stereocenters. The fraction of sp³-hybridized carbons (Fsp3) is 0.316. The molecule has 3 aromatic rings. The van der Waals surface area contributed by atoms with E-state index >= 15 is 0 Å². The summed E-state index contributed by atoms with van der Waals surface area (Å²) >= 11 is 6.45. The summed E-state index contributed by atoms with van der Waals surface area (Å²) in [5.41, 5.74) is 3.42. The average molecular weight is 341 g/mol. The van der Waals surface area contributed by atoms with Gasteiger partial charge in [-0.2, -0.15) is 0 Å². The largest absolute Gasteiger partial charge is 0.330 e. The van der Waals surface area contributed by atoms with Gasteiger partial charge in [-0.15, -0.1) is 0 Å². The SMILES string of the molecule is Cn1c(CN2CCNCC2c2ccccc2Cl)nc2ccccc21. The molecule has 2 aromatic carbocycles. The number of para-hydroxylation sites is 2. The highest BCUT2D eigenvalue weighted by Gasteiger charge is 2.26. The van der Waals surface area contributed by atoms with Crippen LogP contribution in [0.4, 0.5) is 0 Å². The first kappa shape index (κ1) is 15.6. The molecule has 4 rings (SSSR count). The lowest BCUT2D eigenvalue weighted by Crippen LogP contribution is -2.45. The van der Waals surface area contributed by atoms with Crippen LogP contribution in [0.1, 0.15) is 17.4 Å². The minimum absolute atomic E-state index is 0.271. The van der Waals surface area contributed by atoms with Crippen LogP contribution < -0.4 is 5.32 Å². The predicted molar refractivity (Wildman–Crippen MR) is 98.2 cm³/mol. The molecule has 124 valence electrons. The fourth-order valence-electron chi connectivity index (χ4n) is 3.51. The van der Waals surface area contributed by atoms with Crippen molar-refractivity contribution in [3.8, 4) is 0 Å². The van der Waals surface area contributed by atoms with Crippen LogP contribution in [0.2, 0.25) is 5.02 Å². The number of benzene rings is 2. The summed E-state index contributed by atoms with van der Waals surface area (Å²) in [6.07, 6.45) is 0. The first-order valence-electron chi connectivity index (χ1n) is 8.33. The van der Waals surface area contributed by atoms with Crippen molar-refractivity contribution in [1.29, 1.82) is 0 Å². The van der Waals surface area contributed by atoms with Crippen molar-refractivity contribution >= 4 is 22.6 Å². The van der Waals surface area contributed by atoms with Crippen molar-refractivity contribution in [2.24, 2.45) is 7.05 Å². The highest BCUT2D eigenvalue weighted by molar-refractivity contribution is 6.31. The number of nitrogens with zero attached hydrogens (tertiary/aromatic N) is 3. The van der Waals surface area contributed by atoms with Crippen molar-refractivity contribution in [3.63, 3.8) is 0 Å². The Kier molecular flexibility index (Phi) is 4.27. The summed E-state index contributed by atoms with van der Waals surface area (Å²) < 4.78 is 2.20. The summed E-state index contributed by atoms with van der Waals surface area (Å²) in [4.78, 5) is 7.30. The minimum Gasteiger partial charge on any atom is -0.330 e. The van der Waals surface area contributed by atoms with E-state index in [2.05, 4.69) is 52.2 Å². The number of nitrogens with one attached hydrogen (secondary N) is 1. The number of aryl methyl sites for hydroxylation is 1. The Morgan fingerprint density at radius 3 is 2.79 bits per heavy atom. The Bertz CT molecular complexity index is 857. The van der Waals surface area contributed by atoms with Gasteiger partial charge in [0.2, 0.25) is 0 Å². The lowest BCUT2D eigenvalue weighted by molar-refractivity contribution is 0.149. The molecule has 1 aromatic heterocycles. The van der Waals surface area contributed by atoms with Gasteiger partial charge in [0, 0.05) is 37.7 Å². The number of aromatic nitrogens is 2. The predicted octanol–water partition coefficient (Wildman–Crippen LogP) is 3.37. The average Bonchev–Trinajstić information content (AvgIpc) is 2.92. The highest BCUT2D eigenvalue weighted by Crippen LogP contribution is 2.29. The second-order valence-corrected chi connectivity index (χ2v) is 6.69. The van der Waals surface area contributed by atoms with E-state index in [1.807, 2.05) is 18.2 Å². The highest BCUT2D eigenvalue weighted by atomic mass is 35.5. The molecule has 1 atom stereocenters. The van der Waals surface area contributed by atoms with Crippen LogP contribution >= 0.6 is 11.6 Å². The van der Waals surface area contributed by atoms with Crippen LogP contribution in [0.15, 0.2) is 48.5 Å². The molecule has 0 radical (unpaired) electrons. The standard InChI is InChI=1S/C19H21ClN4/c1-23-17-9-5-4-8-16(17)22-19(23)13-24-11-10-21-12-18(24)14-6-2-3-7-15(14)20/h2-9,18,21H,10-13H2,1H3. The minimum atomic E-state index is 0.271. The topological polar surface area (TPSA) is 33.1 Å². The fourth-order valence-corrected chi connectivity index (χ4v) is 3.77. The third-order valence-corrected chi connectivity index (χ3v) is 5.19. The van der Waals surface area contributed by atoms with E-state index in [0.29, 0.717) is 0 Å². The summed E-state index contributed by atoms with van der Waals surface area (Å²) in [5.74, 6) is 1.09. The molecule has 1 saturated heterocycles. The Hall–Kier alpha value is -1.88. The number of rotatable bonds is 3. The monoisotopic (exact) mass is 340 g/mol. The summed E-state index contributed by atoms with van der Waals surface area (Å²) in [6.45, 7) is 3.71. The Labute approximate surface area is 147 Å². The Morgan fingerprint density at radius 2 is 1.96 bits per heavy atom. The molecule has 5 heteroatoms. The second-order valence-electron chi connectivity index (χ2n) is 6.29. The maximum absolute atomic E-state index is 6.45. The zero-order valence-corrected chi connectivity index (χ0v) is 14.5. The van der Waals surface area contributed by atoms with Gasteiger partial charge in [-0.3, -0.25) is 4.90 Å². The van der Waals surface area contributed by atoms with Gasteiger partial charge in [0.25, 0.3) is 0 Å². The molecule has 4 nitrogen and oxygen atoms in total. The molecule has 0 bridgehead atoms. The van der Waals surface area contributed by atoms with E-state index in [4.69, 9.17) is 16.6 Å². The first-order valence-corrected chi connectivity index (χ1v) is 8.71. The number of hydrogen-bond acceptors (Lipinski definition) is 3. The van der Waals surface area contributed by atoms with E-state index in [1.165, 1.54) is 11.1 Å². The van der Waals surface area contributed by atoms with Gasteiger partial charge in [-0.25, -0.2) is 4.98 Å². The van der Waals surface area contributed by atoms with Gasteiger partial charge in [0.05, 0.1) is 17.6 Å². The molecule has 24 heavy (non-hydrogen) atoms. The maximum atomic E-state index is 6.45. The molecule has 0 aliphatic carbocycles. The van der Waals surface area contributed by atoms with Gasteiger partial charge >= 0.3 is 0 Å².